The number of amides is 1. The maximum Gasteiger partial charge on any atom is 0.224 e. The van der Waals surface area contributed by atoms with Gasteiger partial charge in [-0.15, -0.1) is 0 Å². The highest BCUT2D eigenvalue weighted by Crippen LogP contribution is 2.29. The number of nitrogens with zero attached hydrogens (tertiary/aromatic N) is 1. The minimum Gasteiger partial charge on any atom is -0.367 e. The molecule has 0 radical (unpaired) electrons. The van der Waals surface area contributed by atoms with Gasteiger partial charge in [0, 0.05) is 30.9 Å². The van der Waals surface area contributed by atoms with Gasteiger partial charge in [-0.3, -0.25) is 4.79 Å². The lowest BCUT2D eigenvalue weighted by molar-refractivity contribution is -0.117. The normalized spacial score (nSPS) is 14.1. The molecule has 0 fully saturated rings. The van der Waals surface area contributed by atoms with Crippen molar-refractivity contribution in [1.82, 2.24) is 0 Å². The Hall–Kier alpha value is -2.29. The minimum atomic E-state index is -0.00250. The fraction of sp³-hybridized carbons (Fsp3) is 0.435. The Kier molecular flexibility index (Phi) is 5.08. The molecule has 1 aliphatic rings. The Balaban J connectivity index is 1.72. The van der Waals surface area contributed by atoms with E-state index in [-0.39, 0.29) is 11.3 Å². The Morgan fingerprint density at radius 3 is 2.54 bits per heavy atom. The first kappa shape index (κ1) is 18.5. The van der Waals surface area contributed by atoms with Crippen LogP contribution in [-0.2, 0) is 17.8 Å². The van der Waals surface area contributed by atoms with Crippen LogP contribution in [0.15, 0.2) is 36.4 Å². The number of fused-ring (bicyclic) bond motifs is 1. The van der Waals surface area contributed by atoms with Crippen LogP contribution in [-0.4, -0.2) is 12.5 Å². The number of aryl methyl sites for hydroxylation is 2. The predicted molar refractivity (Wildman–Crippen MR) is 110 cm³/mol. The minimum absolute atomic E-state index is 0.00250. The molecule has 0 aromatic heterocycles. The van der Waals surface area contributed by atoms with Gasteiger partial charge in [-0.1, -0.05) is 44.5 Å². The highest BCUT2D eigenvalue weighted by Gasteiger charge is 2.19. The van der Waals surface area contributed by atoms with Crippen LogP contribution >= 0.6 is 0 Å². The van der Waals surface area contributed by atoms with E-state index in [2.05, 4.69) is 75.2 Å². The lowest BCUT2D eigenvalue weighted by Crippen LogP contribution is -2.30. The van der Waals surface area contributed by atoms with E-state index < -0.39 is 0 Å². The smallest absolute Gasteiger partial charge is 0.224 e. The number of hydrogen-bond acceptors (Lipinski definition) is 2. The number of nitrogens with one attached hydrogen (secondary N) is 1. The molecule has 1 N–H and O–H groups in total. The van der Waals surface area contributed by atoms with Crippen LogP contribution in [0.4, 0.5) is 11.4 Å². The maximum atomic E-state index is 12.2. The first-order chi connectivity index (χ1) is 12.2. The van der Waals surface area contributed by atoms with E-state index in [1.807, 2.05) is 6.07 Å². The molecule has 3 rings (SSSR count). The summed E-state index contributed by atoms with van der Waals surface area (Å²) in [6.45, 7) is 12.4. The summed E-state index contributed by atoms with van der Waals surface area (Å²) in [7, 11) is 0. The summed E-state index contributed by atoms with van der Waals surface area (Å²) in [5.74, 6) is 0.0793. The van der Waals surface area contributed by atoms with Crippen molar-refractivity contribution in [3.8, 4) is 0 Å². The second kappa shape index (κ2) is 7.14. The molecule has 0 atom stereocenters. The van der Waals surface area contributed by atoms with Crippen LogP contribution in [0.5, 0.6) is 0 Å². The molecule has 0 unspecified atom stereocenters. The van der Waals surface area contributed by atoms with Gasteiger partial charge in [-0.05, 0) is 60.6 Å². The second-order valence-corrected chi connectivity index (χ2v) is 8.73. The van der Waals surface area contributed by atoms with Crippen LogP contribution < -0.4 is 10.2 Å². The zero-order chi connectivity index (χ0) is 18.9. The van der Waals surface area contributed by atoms with E-state index in [4.69, 9.17) is 0 Å². The zero-order valence-electron chi connectivity index (χ0n) is 16.6. The summed E-state index contributed by atoms with van der Waals surface area (Å²) >= 11 is 0. The van der Waals surface area contributed by atoms with E-state index in [1.54, 1.807) is 0 Å². The summed E-state index contributed by atoms with van der Waals surface area (Å²) in [5, 5.41) is 3.06. The molecular formula is C23H30N2O. The molecule has 0 saturated heterocycles. The Bertz CT molecular complexity index is 817. The second-order valence-electron chi connectivity index (χ2n) is 8.73. The van der Waals surface area contributed by atoms with Crippen molar-refractivity contribution >= 4 is 17.3 Å². The number of carbonyl (C=O) groups is 1. The molecule has 26 heavy (non-hydrogen) atoms. The van der Waals surface area contributed by atoms with Gasteiger partial charge in [0.25, 0.3) is 0 Å². The molecule has 0 saturated carbocycles. The first-order valence-electron chi connectivity index (χ1n) is 9.45. The molecule has 0 spiro atoms. The summed E-state index contributed by atoms with van der Waals surface area (Å²) in [5.41, 5.74) is 7.48. The van der Waals surface area contributed by atoms with Crippen molar-refractivity contribution < 1.29 is 4.79 Å². The number of hydrogen-bond donors (Lipinski definition) is 1. The van der Waals surface area contributed by atoms with Crippen LogP contribution in [0.25, 0.3) is 0 Å². The molecule has 3 heteroatoms. The molecule has 2 aromatic rings. The van der Waals surface area contributed by atoms with Crippen molar-refractivity contribution in [2.24, 2.45) is 5.41 Å². The summed E-state index contributed by atoms with van der Waals surface area (Å²) < 4.78 is 0. The Morgan fingerprint density at radius 2 is 1.85 bits per heavy atom. The molecule has 0 aliphatic carbocycles. The quantitative estimate of drug-likeness (QED) is 0.821. The van der Waals surface area contributed by atoms with E-state index in [9.17, 15) is 4.79 Å². The van der Waals surface area contributed by atoms with Crippen LogP contribution in [0.1, 0.15) is 49.4 Å². The highest BCUT2D eigenvalue weighted by molar-refractivity contribution is 5.92. The van der Waals surface area contributed by atoms with Gasteiger partial charge in [0.1, 0.15) is 0 Å². The fourth-order valence-corrected chi connectivity index (χ4v) is 3.56. The first-order valence-corrected chi connectivity index (χ1v) is 9.45. The lowest BCUT2D eigenvalue weighted by Gasteiger charge is -2.31. The molecule has 0 bridgehead atoms. The van der Waals surface area contributed by atoms with Gasteiger partial charge >= 0.3 is 0 Å². The average Bonchev–Trinajstić information content (AvgIpc) is 2.54. The van der Waals surface area contributed by atoms with Crippen molar-refractivity contribution in [1.29, 1.82) is 0 Å². The Labute approximate surface area is 157 Å². The molecule has 3 nitrogen and oxygen atoms in total. The van der Waals surface area contributed by atoms with E-state index in [0.717, 1.165) is 30.8 Å². The van der Waals surface area contributed by atoms with Crippen molar-refractivity contribution in [2.45, 2.75) is 54.0 Å². The van der Waals surface area contributed by atoms with Gasteiger partial charge in [0.05, 0.1) is 0 Å². The standard InChI is InChI=1S/C23H30N2O/c1-16-6-7-19-15-25(11-10-18(19)12-16)20-8-9-21(17(2)13-20)24-22(26)14-23(3,4)5/h6-9,12-13H,10-11,14-15H2,1-5H3,(H,24,26). The van der Waals surface area contributed by atoms with Gasteiger partial charge < -0.3 is 10.2 Å². The summed E-state index contributed by atoms with van der Waals surface area (Å²) in [6, 6.07) is 13.1. The van der Waals surface area contributed by atoms with Crippen molar-refractivity contribution in [3.05, 3.63) is 58.7 Å². The lowest BCUT2D eigenvalue weighted by atomic mass is 9.92. The predicted octanol–water partition coefficient (Wildman–Crippen LogP) is 5.24. The zero-order valence-corrected chi connectivity index (χ0v) is 16.6. The third-order valence-electron chi connectivity index (χ3n) is 4.91. The number of anilines is 2. The van der Waals surface area contributed by atoms with Crippen LogP contribution in [0, 0.1) is 19.3 Å². The van der Waals surface area contributed by atoms with E-state index in [0.29, 0.717) is 6.42 Å². The van der Waals surface area contributed by atoms with Gasteiger partial charge in [-0.2, -0.15) is 0 Å². The van der Waals surface area contributed by atoms with Crippen LogP contribution in [0.3, 0.4) is 0 Å². The topological polar surface area (TPSA) is 32.3 Å². The van der Waals surface area contributed by atoms with E-state index in [1.165, 1.54) is 22.4 Å². The molecule has 1 aliphatic heterocycles. The third kappa shape index (κ3) is 4.46. The molecule has 1 amide bonds. The number of benzene rings is 2. The number of rotatable bonds is 3. The number of carbonyl (C=O) groups excluding carboxylic acids is 1. The Morgan fingerprint density at radius 1 is 1.08 bits per heavy atom. The van der Waals surface area contributed by atoms with Gasteiger partial charge in [0.2, 0.25) is 5.91 Å². The average molecular weight is 351 g/mol. The van der Waals surface area contributed by atoms with E-state index >= 15 is 0 Å². The molecular weight excluding hydrogens is 320 g/mol. The van der Waals surface area contributed by atoms with Crippen molar-refractivity contribution in [3.63, 3.8) is 0 Å². The van der Waals surface area contributed by atoms with Gasteiger partial charge in [-0.25, -0.2) is 0 Å². The summed E-state index contributed by atoms with van der Waals surface area (Å²) in [4.78, 5) is 14.6. The monoisotopic (exact) mass is 350 g/mol. The van der Waals surface area contributed by atoms with Crippen molar-refractivity contribution in [2.75, 3.05) is 16.8 Å². The maximum absolute atomic E-state index is 12.2. The molecule has 1 heterocycles. The molecule has 2 aromatic carbocycles. The van der Waals surface area contributed by atoms with Gasteiger partial charge in [0.15, 0.2) is 0 Å². The fourth-order valence-electron chi connectivity index (χ4n) is 3.56. The molecule has 138 valence electrons. The highest BCUT2D eigenvalue weighted by atomic mass is 16.1. The summed E-state index contributed by atoms with van der Waals surface area (Å²) in [6.07, 6.45) is 1.61. The third-order valence-corrected chi connectivity index (χ3v) is 4.91. The SMILES string of the molecule is Cc1ccc2c(c1)CCN(c1ccc(NC(=O)CC(C)(C)C)c(C)c1)C2. The largest absolute Gasteiger partial charge is 0.367 e. The van der Waals surface area contributed by atoms with Crippen LogP contribution in [0.2, 0.25) is 0 Å².